The standard InChI is InChI=1S/C34H44N4O6Si/c1-8-9-16-44-34(40)37-15-14-25-31(29(41-3)19-23(2)32(25)37)26(11-13-30(39)42-4)33-36-27-20-24(21-35)10-12-28(27)38(33)22-43-17-18-45(5,6)7/h10,12,14-15,19-20,26H,8-9,11,13,16-18,22H2,1-7H3. The maximum Gasteiger partial charge on any atom is 0.418 e. The van der Waals surface area contributed by atoms with Gasteiger partial charge in [0.25, 0.3) is 0 Å². The van der Waals surface area contributed by atoms with Crippen molar-refractivity contribution in [1.29, 1.82) is 5.26 Å². The van der Waals surface area contributed by atoms with Crippen LogP contribution in [0.25, 0.3) is 21.9 Å². The summed E-state index contributed by atoms with van der Waals surface area (Å²) in [6.45, 7) is 12.1. The van der Waals surface area contributed by atoms with Crippen LogP contribution in [0.1, 0.15) is 61.0 Å². The highest BCUT2D eigenvalue weighted by Gasteiger charge is 2.30. The van der Waals surface area contributed by atoms with Crippen LogP contribution in [-0.4, -0.2) is 61.7 Å². The number of fused-ring (bicyclic) bond motifs is 2. The summed E-state index contributed by atoms with van der Waals surface area (Å²) in [6, 6.07) is 12.4. The van der Waals surface area contributed by atoms with Crippen LogP contribution in [0.3, 0.4) is 0 Å². The molecule has 0 spiro atoms. The lowest BCUT2D eigenvalue weighted by Crippen LogP contribution is -2.22. The first-order valence-corrected chi connectivity index (χ1v) is 19.1. The Kier molecular flexibility index (Phi) is 11.1. The molecular weight excluding hydrogens is 588 g/mol. The van der Waals surface area contributed by atoms with Gasteiger partial charge in [0, 0.05) is 44.2 Å². The quantitative estimate of drug-likeness (QED) is 0.0804. The fourth-order valence-corrected chi connectivity index (χ4v) is 6.26. The van der Waals surface area contributed by atoms with E-state index in [1.807, 2.05) is 36.6 Å². The van der Waals surface area contributed by atoms with Gasteiger partial charge in [-0.2, -0.15) is 5.26 Å². The number of aryl methyl sites for hydroxylation is 1. The minimum atomic E-state index is -1.32. The summed E-state index contributed by atoms with van der Waals surface area (Å²) in [6.07, 6.45) is 3.45. The van der Waals surface area contributed by atoms with Crippen molar-refractivity contribution in [3.8, 4) is 11.8 Å². The Hall–Kier alpha value is -4.14. The number of aromatic nitrogens is 3. The van der Waals surface area contributed by atoms with E-state index in [-0.39, 0.29) is 19.1 Å². The maximum atomic E-state index is 13.1. The van der Waals surface area contributed by atoms with E-state index in [2.05, 4.69) is 25.7 Å². The van der Waals surface area contributed by atoms with Crippen LogP contribution in [0.4, 0.5) is 4.79 Å². The zero-order chi connectivity index (χ0) is 32.7. The number of unbranched alkanes of at least 4 members (excludes halogenated alkanes) is 1. The highest BCUT2D eigenvalue weighted by atomic mass is 28.3. The van der Waals surface area contributed by atoms with Gasteiger partial charge in [-0.15, -0.1) is 0 Å². The van der Waals surface area contributed by atoms with E-state index < -0.39 is 20.1 Å². The van der Waals surface area contributed by atoms with Crippen molar-refractivity contribution in [2.75, 3.05) is 27.4 Å². The van der Waals surface area contributed by atoms with E-state index in [4.69, 9.17) is 23.9 Å². The zero-order valence-electron chi connectivity index (χ0n) is 27.4. The number of rotatable bonds is 14. The first-order valence-electron chi connectivity index (χ1n) is 15.4. The van der Waals surface area contributed by atoms with Crippen molar-refractivity contribution in [2.45, 2.75) is 77.9 Å². The minimum absolute atomic E-state index is 0.128. The largest absolute Gasteiger partial charge is 0.496 e. The van der Waals surface area contributed by atoms with Crippen molar-refractivity contribution in [2.24, 2.45) is 0 Å². The average molecular weight is 633 g/mol. The molecule has 4 aromatic rings. The highest BCUT2D eigenvalue weighted by Crippen LogP contribution is 2.42. The SMILES string of the molecule is CCCCOC(=O)n1ccc2c(C(CCC(=O)OC)c3nc4cc(C#N)ccc4n3COCC[Si](C)(C)C)c(OC)cc(C)c21. The van der Waals surface area contributed by atoms with Crippen molar-refractivity contribution in [1.82, 2.24) is 14.1 Å². The van der Waals surface area contributed by atoms with Gasteiger partial charge < -0.3 is 23.5 Å². The third-order valence-electron chi connectivity index (χ3n) is 7.95. The number of ether oxygens (including phenoxy) is 4. The Bertz CT molecular complexity index is 1710. The molecule has 240 valence electrons. The number of hydrogen-bond acceptors (Lipinski definition) is 8. The first-order chi connectivity index (χ1) is 21.5. The Balaban J connectivity index is 1.92. The number of nitrogens with zero attached hydrogens (tertiary/aromatic N) is 4. The summed E-state index contributed by atoms with van der Waals surface area (Å²) in [5, 5.41) is 10.4. The fourth-order valence-electron chi connectivity index (χ4n) is 5.50. The molecule has 1 atom stereocenters. The van der Waals surface area contributed by atoms with Crippen LogP contribution in [0, 0.1) is 18.3 Å². The Morgan fingerprint density at radius 1 is 1.11 bits per heavy atom. The van der Waals surface area contributed by atoms with Crippen LogP contribution in [-0.2, 0) is 25.7 Å². The number of methoxy groups -OCH3 is 2. The lowest BCUT2D eigenvalue weighted by molar-refractivity contribution is -0.140. The topological polar surface area (TPSA) is 118 Å². The summed E-state index contributed by atoms with van der Waals surface area (Å²) in [4.78, 5) is 30.7. The lowest BCUT2D eigenvalue weighted by atomic mass is 9.88. The van der Waals surface area contributed by atoms with Crippen molar-refractivity contribution >= 4 is 42.1 Å². The third kappa shape index (κ3) is 7.75. The van der Waals surface area contributed by atoms with E-state index in [0.717, 1.165) is 40.9 Å². The van der Waals surface area contributed by atoms with Crippen molar-refractivity contribution in [3.05, 3.63) is 59.0 Å². The Morgan fingerprint density at radius 3 is 2.56 bits per heavy atom. The predicted molar refractivity (Wildman–Crippen MR) is 177 cm³/mol. The van der Waals surface area contributed by atoms with Crippen LogP contribution in [0.15, 0.2) is 36.5 Å². The molecule has 0 bridgehead atoms. The molecule has 11 heteroatoms. The van der Waals surface area contributed by atoms with Gasteiger partial charge in [-0.05, 0) is 61.7 Å². The minimum Gasteiger partial charge on any atom is -0.496 e. The molecule has 0 saturated heterocycles. The van der Waals surface area contributed by atoms with Crippen LogP contribution < -0.4 is 4.74 Å². The number of carbonyl (C=O) groups is 2. The lowest BCUT2D eigenvalue weighted by Gasteiger charge is -2.23. The molecule has 2 aromatic carbocycles. The van der Waals surface area contributed by atoms with Gasteiger partial charge in [0.05, 0.1) is 49.0 Å². The van der Waals surface area contributed by atoms with E-state index in [9.17, 15) is 14.9 Å². The molecule has 10 nitrogen and oxygen atoms in total. The van der Waals surface area contributed by atoms with Crippen LogP contribution in [0.5, 0.6) is 5.75 Å². The first kappa shape index (κ1) is 33.7. The van der Waals surface area contributed by atoms with Gasteiger partial charge in [0.1, 0.15) is 18.3 Å². The number of hydrogen-bond donors (Lipinski definition) is 0. The summed E-state index contributed by atoms with van der Waals surface area (Å²) in [7, 11) is 1.66. The average Bonchev–Trinajstić information content (AvgIpc) is 3.61. The van der Waals surface area contributed by atoms with Crippen LogP contribution in [0.2, 0.25) is 25.7 Å². The molecule has 4 rings (SSSR count). The molecule has 0 radical (unpaired) electrons. The van der Waals surface area contributed by atoms with Gasteiger partial charge in [-0.3, -0.25) is 9.36 Å². The normalized spacial score (nSPS) is 12.3. The van der Waals surface area contributed by atoms with Gasteiger partial charge in [-0.1, -0.05) is 33.0 Å². The highest BCUT2D eigenvalue weighted by molar-refractivity contribution is 6.76. The molecule has 45 heavy (non-hydrogen) atoms. The molecule has 2 aromatic heterocycles. The summed E-state index contributed by atoms with van der Waals surface area (Å²) >= 11 is 0. The monoisotopic (exact) mass is 632 g/mol. The van der Waals surface area contributed by atoms with Gasteiger partial charge in [0.15, 0.2) is 0 Å². The molecule has 0 aliphatic rings. The van der Waals surface area contributed by atoms with Gasteiger partial charge >= 0.3 is 12.1 Å². The number of benzene rings is 2. The number of imidazole rings is 1. The van der Waals surface area contributed by atoms with Crippen molar-refractivity contribution < 1.29 is 28.5 Å². The molecule has 0 aliphatic carbocycles. The van der Waals surface area contributed by atoms with E-state index >= 15 is 0 Å². The zero-order valence-corrected chi connectivity index (χ0v) is 28.4. The van der Waals surface area contributed by atoms with Crippen LogP contribution >= 0.6 is 0 Å². The summed E-state index contributed by atoms with van der Waals surface area (Å²) < 4.78 is 26.3. The van der Waals surface area contributed by atoms with Gasteiger partial charge in [-0.25, -0.2) is 9.78 Å². The fraction of sp³-hybridized carbons (Fsp3) is 0.471. The molecular formula is C34H44N4O6Si. The molecule has 2 heterocycles. The summed E-state index contributed by atoms with van der Waals surface area (Å²) in [5.41, 5.74) is 4.31. The molecule has 1 unspecified atom stereocenters. The second-order valence-electron chi connectivity index (χ2n) is 12.5. The predicted octanol–water partition coefficient (Wildman–Crippen LogP) is 7.36. The second-order valence-corrected chi connectivity index (χ2v) is 18.1. The number of nitriles is 1. The Morgan fingerprint density at radius 2 is 1.89 bits per heavy atom. The van der Waals surface area contributed by atoms with Crippen molar-refractivity contribution in [3.63, 3.8) is 0 Å². The number of carbonyl (C=O) groups excluding carboxylic acids is 2. The smallest absolute Gasteiger partial charge is 0.418 e. The van der Waals surface area contributed by atoms with E-state index in [1.165, 1.54) is 11.7 Å². The molecule has 0 N–H and O–H groups in total. The molecule has 0 saturated carbocycles. The molecule has 0 aliphatic heterocycles. The molecule has 0 fully saturated rings. The molecule has 0 amide bonds. The Labute approximate surface area is 265 Å². The third-order valence-corrected chi connectivity index (χ3v) is 9.66. The second kappa shape index (κ2) is 14.8. The maximum absolute atomic E-state index is 13.1. The van der Waals surface area contributed by atoms with E-state index in [1.54, 1.807) is 25.4 Å². The van der Waals surface area contributed by atoms with E-state index in [0.29, 0.717) is 47.8 Å². The summed E-state index contributed by atoms with van der Waals surface area (Å²) in [5.74, 6) is 0.481. The van der Waals surface area contributed by atoms with Gasteiger partial charge in [0.2, 0.25) is 0 Å². The number of esters is 1.